The van der Waals surface area contributed by atoms with Crippen LogP contribution in [0.3, 0.4) is 0 Å². The van der Waals surface area contributed by atoms with Gasteiger partial charge >= 0.3 is 0 Å². The van der Waals surface area contributed by atoms with Crippen LogP contribution >= 0.6 is 23.5 Å². The second-order valence-electron chi connectivity index (χ2n) is 6.24. The van der Waals surface area contributed by atoms with E-state index in [-0.39, 0.29) is 5.91 Å². The van der Waals surface area contributed by atoms with Crippen molar-refractivity contribution < 1.29 is 4.79 Å². The highest BCUT2D eigenvalue weighted by molar-refractivity contribution is 8.38. The molecule has 1 amide bonds. The van der Waals surface area contributed by atoms with Crippen molar-refractivity contribution in [3.63, 3.8) is 0 Å². The lowest BCUT2D eigenvalue weighted by atomic mass is 9.81. The molecule has 1 aliphatic heterocycles. The zero-order valence-electron chi connectivity index (χ0n) is 13.8. The summed E-state index contributed by atoms with van der Waals surface area (Å²) in [5.41, 5.74) is 1.63. The Morgan fingerprint density at radius 1 is 1.38 bits per heavy atom. The fraction of sp³-hybridized carbons (Fsp3) is 0.500. The lowest BCUT2D eigenvalue weighted by Crippen LogP contribution is -2.50. The van der Waals surface area contributed by atoms with Crippen LogP contribution < -0.4 is 0 Å². The minimum Gasteiger partial charge on any atom is -0.326 e. The zero-order chi connectivity index (χ0) is 17.0. The number of carbonyl (C=O) groups excluding carboxylic acids is 1. The number of benzene rings is 1. The molecule has 126 valence electrons. The molecule has 1 fully saturated rings. The molecule has 0 saturated heterocycles. The van der Waals surface area contributed by atoms with Crippen molar-refractivity contribution in [2.45, 2.75) is 43.4 Å². The number of nitrogens with zero attached hydrogens (tertiary/aromatic N) is 3. The number of hydrogen-bond acceptors (Lipinski definition) is 5. The molecule has 0 radical (unpaired) electrons. The number of rotatable bonds is 3. The van der Waals surface area contributed by atoms with Gasteiger partial charge in [-0.25, -0.2) is 4.99 Å². The first-order chi connectivity index (χ1) is 11.6. The molecule has 0 unspecified atom stereocenters. The molecule has 0 spiro atoms. The number of hydrogen-bond donors (Lipinski definition) is 0. The Morgan fingerprint density at radius 3 is 2.88 bits per heavy atom. The standard InChI is InChI=1S/C18H21N3OS2/c1-21(18(13-19)9-5-2-6-10-18)16(22)12-24-17-20-15-8-4-3-7-14(15)11-23-17/h3-4,7-8H,2,5-6,9-12H2,1H3. The molecule has 1 aromatic carbocycles. The van der Waals surface area contributed by atoms with Crippen molar-refractivity contribution in [3.05, 3.63) is 29.8 Å². The Labute approximate surface area is 151 Å². The van der Waals surface area contributed by atoms with Crippen molar-refractivity contribution in [1.29, 1.82) is 5.26 Å². The highest BCUT2D eigenvalue weighted by atomic mass is 32.2. The van der Waals surface area contributed by atoms with Crippen molar-refractivity contribution in [1.82, 2.24) is 4.90 Å². The molecule has 0 atom stereocenters. The number of carbonyl (C=O) groups is 1. The molecule has 4 nitrogen and oxygen atoms in total. The molecule has 0 bridgehead atoms. The van der Waals surface area contributed by atoms with Crippen molar-refractivity contribution in [2.75, 3.05) is 12.8 Å². The summed E-state index contributed by atoms with van der Waals surface area (Å²) >= 11 is 3.16. The predicted molar refractivity (Wildman–Crippen MR) is 101 cm³/mol. The van der Waals surface area contributed by atoms with Crippen LogP contribution in [0.25, 0.3) is 0 Å². The summed E-state index contributed by atoms with van der Waals surface area (Å²) in [4.78, 5) is 18.9. The quantitative estimate of drug-likeness (QED) is 0.805. The van der Waals surface area contributed by atoms with Crippen LogP contribution in [0.2, 0.25) is 0 Å². The van der Waals surface area contributed by atoms with Gasteiger partial charge in [0.25, 0.3) is 0 Å². The van der Waals surface area contributed by atoms with Crippen molar-refractivity contribution in [2.24, 2.45) is 4.99 Å². The molecule has 1 aliphatic carbocycles. The number of fused-ring (bicyclic) bond motifs is 1. The van der Waals surface area contributed by atoms with Crippen LogP contribution in [0.4, 0.5) is 5.69 Å². The van der Waals surface area contributed by atoms with E-state index in [1.165, 1.54) is 17.3 Å². The maximum Gasteiger partial charge on any atom is 0.234 e. The fourth-order valence-electron chi connectivity index (χ4n) is 3.20. The minimum absolute atomic E-state index is 0.0191. The van der Waals surface area contributed by atoms with Gasteiger partial charge in [0.15, 0.2) is 0 Å². The molecule has 1 heterocycles. The van der Waals surface area contributed by atoms with Crippen molar-refractivity contribution >= 4 is 39.5 Å². The van der Waals surface area contributed by atoms with E-state index in [4.69, 9.17) is 0 Å². The normalized spacial score (nSPS) is 18.9. The van der Waals surface area contributed by atoms with Crippen LogP contribution in [0.5, 0.6) is 0 Å². The van der Waals surface area contributed by atoms with E-state index in [2.05, 4.69) is 17.1 Å². The van der Waals surface area contributed by atoms with E-state index in [0.29, 0.717) is 5.75 Å². The van der Waals surface area contributed by atoms with E-state index in [1.54, 1.807) is 23.7 Å². The summed E-state index contributed by atoms with van der Waals surface area (Å²) in [6.45, 7) is 0. The molecule has 0 N–H and O–H groups in total. The highest BCUT2D eigenvalue weighted by Crippen LogP contribution is 2.36. The van der Waals surface area contributed by atoms with E-state index in [9.17, 15) is 10.1 Å². The minimum atomic E-state index is -0.607. The van der Waals surface area contributed by atoms with Gasteiger partial charge in [-0.15, -0.1) is 0 Å². The third-order valence-corrected chi connectivity index (χ3v) is 7.01. The van der Waals surface area contributed by atoms with Crippen LogP contribution in [0.15, 0.2) is 29.3 Å². The second kappa shape index (κ2) is 7.62. The van der Waals surface area contributed by atoms with E-state index < -0.39 is 5.54 Å². The van der Waals surface area contributed by atoms with E-state index in [1.807, 2.05) is 18.2 Å². The highest BCUT2D eigenvalue weighted by Gasteiger charge is 2.38. The maximum absolute atomic E-state index is 12.6. The third kappa shape index (κ3) is 3.62. The van der Waals surface area contributed by atoms with Gasteiger partial charge in [0, 0.05) is 12.8 Å². The summed E-state index contributed by atoms with van der Waals surface area (Å²) in [5.74, 6) is 1.26. The fourth-order valence-corrected chi connectivity index (χ4v) is 5.18. The predicted octanol–water partition coefficient (Wildman–Crippen LogP) is 4.34. The Balaban J connectivity index is 1.62. The average Bonchev–Trinajstić information content (AvgIpc) is 2.65. The summed E-state index contributed by atoms with van der Waals surface area (Å²) in [7, 11) is 1.78. The maximum atomic E-state index is 12.6. The summed E-state index contributed by atoms with van der Waals surface area (Å²) < 4.78 is 0.935. The Bertz CT molecular complexity index is 690. The second-order valence-corrected chi connectivity index (χ2v) is 8.43. The first kappa shape index (κ1) is 17.4. The molecular weight excluding hydrogens is 338 g/mol. The summed E-state index contributed by atoms with van der Waals surface area (Å²) in [6, 6.07) is 10.5. The molecular formula is C18H21N3OS2. The average molecular weight is 360 g/mol. The van der Waals surface area contributed by atoms with Crippen molar-refractivity contribution in [3.8, 4) is 6.07 Å². The third-order valence-electron chi connectivity index (χ3n) is 4.78. The molecule has 0 aromatic heterocycles. The lowest BCUT2D eigenvalue weighted by Gasteiger charge is -2.39. The van der Waals surface area contributed by atoms with Crippen LogP contribution in [-0.2, 0) is 10.5 Å². The Hall–Kier alpha value is -1.45. The topological polar surface area (TPSA) is 56.5 Å². The van der Waals surface area contributed by atoms with Gasteiger partial charge in [-0.1, -0.05) is 61.0 Å². The first-order valence-corrected chi connectivity index (χ1v) is 10.2. The van der Waals surface area contributed by atoms with E-state index >= 15 is 0 Å². The number of para-hydroxylation sites is 1. The molecule has 3 rings (SSSR count). The number of aliphatic imine (C=N–C) groups is 1. The number of nitriles is 1. The van der Waals surface area contributed by atoms with Gasteiger partial charge in [0.2, 0.25) is 5.91 Å². The summed E-state index contributed by atoms with van der Waals surface area (Å²) in [5, 5.41) is 9.61. The lowest BCUT2D eigenvalue weighted by molar-refractivity contribution is -0.131. The Morgan fingerprint density at radius 2 is 2.12 bits per heavy atom. The van der Waals surface area contributed by atoms with Crippen LogP contribution in [0, 0.1) is 11.3 Å². The molecule has 24 heavy (non-hydrogen) atoms. The van der Waals surface area contributed by atoms with Gasteiger partial charge in [-0.2, -0.15) is 5.26 Å². The molecule has 6 heteroatoms. The van der Waals surface area contributed by atoms with Crippen LogP contribution in [0.1, 0.15) is 37.7 Å². The molecule has 1 saturated carbocycles. The smallest absolute Gasteiger partial charge is 0.234 e. The first-order valence-electron chi connectivity index (χ1n) is 8.25. The number of thioether (sulfide) groups is 2. The summed E-state index contributed by atoms with van der Waals surface area (Å²) in [6.07, 6.45) is 4.79. The number of amides is 1. The Kier molecular flexibility index (Phi) is 5.52. The van der Waals surface area contributed by atoms with Gasteiger partial charge < -0.3 is 4.90 Å². The monoisotopic (exact) mass is 359 g/mol. The van der Waals surface area contributed by atoms with Gasteiger partial charge in [0.1, 0.15) is 9.91 Å². The van der Waals surface area contributed by atoms with Gasteiger partial charge in [-0.05, 0) is 24.5 Å². The van der Waals surface area contributed by atoms with E-state index in [0.717, 1.165) is 47.9 Å². The molecule has 1 aromatic rings. The van der Waals surface area contributed by atoms with Crippen LogP contribution in [-0.4, -0.2) is 33.5 Å². The molecule has 2 aliphatic rings. The van der Waals surface area contributed by atoms with Gasteiger partial charge in [0.05, 0.1) is 17.5 Å². The zero-order valence-corrected chi connectivity index (χ0v) is 15.5. The largest absolute Gasteiger partial charge is 0.326 e. The van der Waals surface area contributed by atoms with Gasteiger partial charge in [-0.3, -0.25) is 4.79 Å². The SMILES string of the molecule is CN(C(=O)CSC1=Nc2ccccc2CS1)C1(C#N)CCCCC1.